The third-order valence-corrected chi connectivity index (χ3v) is 6.83. The first kappa shape index (κ1) is 21.3. The summed E-state index contributed by atoms with van der Waals surface area (Å²) in [6, 6.07) is 10.4. The number of hydrogen-bond donors (Lipinski definition) is 0. The largest absolute Gasteiger partial charge is 0.410 e. The van der Waals surface area contributed by atoms with Crippen molar-refractivity contribution in [3.63, 3.8) is 0 Å². The van der Waals surface area contributed by atoms with Gasteiger partial charge < -0.3 is 4.43 Å². The fourth-order valence-corrected chi connectivity index (χ4v) is 5.72. The Bertz CT molecular complexity index is 672. The molecule has 3 atom stereocenters. The van der Waals surface area contributed by atoms with E-state index in [1.54, 1.807) is 11.8 Å². The maximum atomic E-state index is 13.3. The predicted molar refractivity (Wildman–Crippen MR) is 118 cm³/mol. The Hall–Kier alpha value is -0.953. The highest BCUT2D eigenvalue weighted by molar-refractivity contribution is 8.23. The van der Waals surface area contributed by atoms with Gasteiger partial charge >= 0.3 is 0 Å². The van der Waals surface area contributed by atoms with Crippen LogP contribution in [0.5, 0.6) is 0 Å². The second-order valence-corrected chi connectivity index (χ2v) is 14.0. The van der Waals surface area contributed by atoms with E-state index in [1.165, 1.54) is 5.56 Å². The summed E-state index contributed by atoms with van der Waals surface area (Å²) in [4.78, 5) is 15.1. The first-order valence-corrected chi connectivity index (χ1v) is 13.8. The van der Waals surface area contributed by atoms with Gasteiger partial charge in [-0.15, -0.1) is 0 Å². The predicted octanol–water partition coefficient (Wildman–Crippen LogP) is 4.89. The van der Waals surface area contributed by atoms with Crippen molar-refractivity contribution >= 4 is 42.5 Å². The summed E-state index contributed by atoms with van der Waals surface area (Å²) < 4.78 is 6.95. The smallest absolute Gasteiger partial charge is 0.234 e. The van der Waals surface area contributed by atoms with Gasteiger partial charge in [0.05, 0.1) is 18.1 Å². The molecule has 2 rings (SSSR count). The second-order valence-electron chi connectivity index (χ2n) is 7.91. The standard InChI is InChI=1S/C20H29NO2S2Si/c1-14(2)18(23-26(4,5)6)15(3)19(22)21-17(13-25-20(21)24)12-16-10-8-7-9-11-16/h7-11,15,17-18H,1,12-13H2,2-6H3/t15-,17-,18-/m0/s1. The van der Waals surface area contributed by atoms with Gasteiger partial charge in [0, 0.05) is 5.75 Å². The van der Waals surface area contributed by atoms with Crippen LogP contribution < -0.4 is 0 Å². The molecule has 1 fully saturated rings. The van der Waals surface area contributed by atoms with Gasteiger partial charge in [-0.3, -0.25) is 9.69 Å². The number of nitrogens with zero attached hydrogens (tertiary/aromatic N) is 1. The van der Waals surface area contributed by atoms with E-state index >= 15 is 0 Å². The zero-order valence-electron chi connectivity index (χ0n) is 16.3. The lowest BCUT2D eigenvalue weighted by Gasteiger charge is -2.34. The molecule has 1 aromatic carbocycles. The molecular weight excluding hydrogens is 378 g/mol. The second kappa shape index (κ2) is 8.82. The lowest BCUT2D eigenvalue weighted by molar-refractivity contribution is -0.134. The highest BCUT2D eigenvalue weighted by Crippen LogP contribution is 2.31. The summed E-state index contributed by atoms with van der Waals surface area (Å²) in [6.45, 7) is 14.3. The van der Waals surface area contributed by atoms with Crippen molar-refractivity contribution in [3.05, 3.63) is 48.0 Å². The Morgan fingerprint density at radius 3 is 2.54 bits per heavy atom. The summed E-state index contributed by atoms with van der Waals surface area (Å²) in [7, 11) is -1.80. The highest BCUT2D eigenvalue weighted by atomic mass is 32.2. The SMILES string of the molecule is C=C(C)[C@H](O[Si](C)(C)C)[C@H](C)C(=O)N1C(=S)SC[C@@H]1Cc1ccccc1. The molecule has 1 aliphatic rings. The van der Waals surface area contributed by atoms with Crippen molar-refractivity contribution in [2.75, 3.05) is 5.75 Å². The minimum atomic E-state index is -1.80. The molecule has 0 radical (unpaired) electrons. The number of thiocarbonyl (C=S) groups is 1. The van der Waals surface area contributed by atoms with E-state index in [1.807, 2.05) is 36.9 Å². The van der Waals surface area contributed by atoms with E-state index in [0.717, 1.165) is 17.7 Å². The van der Waals surface area contributed by atoms with Crippen molar-refractivity contribution < 1.29 is 9.22 Å². The lowest BCUT2D eigenvalue weighted by atomic mass is 9.97. The molecule has 0 unspecified atom stereocenters. The van der Waals surface area contributed by atoms with Crippen LogP contribution in [0.4, 0.5) is 0 Å². The zero-order chi connectivity index (χ0) is 19.5. The van der Waals surface area contributed by atoms with Crippen molar-refractivity contribution in [3.8, 4) is 0 Å². The first-order valence-electron chi connectivity index (χ1n) is 8.97. The van der Waals surface area contributed by atoms with E-state index in [2.05, 4.69) is 38.4 Å². The van der Waals surface area contributed by atoms with E-state index in [9.17, 15) is 4.79 Å². The molecule has 0 saturated carbocycles. The molecule has 1 aliphatic heterocycles. The van der Waals surface area contributed by atoms with E-state index in [-0.39, 0.29) is 24.0 Å². The zero-order valence-corrected chi connectivity index (χ0v) is 19.0. The summed E-state index contributed by atoms with van der Waals surface area (Å²) in [5.74, 6) is 0.597. The van der Waals surface area contributed by atoms with Crippen LogP contribution in [0.25, 0.3) is 0 Å². The Morgan fingerprint density at radius 2 is 2.00 bits per heavy atom. The number of benzene rings is 1. The van der Waals surface area contributed by atoms with Gasteiger partial charge in [0.15, 0.2) is 8.32 Å². The lowest BCUT2D eigenvalue weighted by Crippen LogP contribution is -2.48. The number of thioether (sulfide) groups is 1. The van der Waals surface area contributed by atoms with Gasteiger partial charge in [-0.05, 0) is 38.5 Å². The van der Waals surface area contributed by atoms with Crippen LogP contribution in [0.3, 0.4) is 0 Å². The monoisotopic (exact) mass is 407 g/mol. The van der Waals surface area contributed by atoms with E-state index < -0.39 is 8.32 Å². The van der Waals surface area contributed by atoms with Gasteiger partial charge in [0.1, 0.15) is 4.32 Å². The molecular formula is C20H29NO2S2Si. The van der Waals surface area contributed by atoms with Crippen LogP contribution in [0.2, 0.25) is 19.6 Å². The Morgan fingerprint density at radius 1 is 1.38 bits per heavy atom. The van der Waals surface area contributed by atoms with Crippen LogP contribution in [-0.4, -0.2) is 41.3 Å². The van der Waals surface area contributed by atoms with Gasteiger partial charge in [0.2, 0.25) is 5.91 Å². The maximum absolute atomic E-state index is 13.3. The number of amides is 1. The molecule has 1 amide bonds. The quantitative estimate of drug-likeness (QED) is 0.366. The molecule has 1 aromatic rings. The Balaban J connectivity index is 2.18. The summed E-state index contributed by atoms with van der Waals surface area (Å²) >= 11 is 7.10. The number of carbonyl (C=O) groups excluding carboxylic acids is 1. The number of hydrogen-bond acceptors (Lipinski definition) is 4. The molecule has 0 N–H and O–H groups in total. The Kier molecular flexibility index (Phi) is 7.24. The van der Waals surface area contributed by atoms with Crippen molar-refractivity contribution in [1.29, 1.82) is 0 Å². The van der Waals surface area contributed by atoms with Gasteiger partial charge in [0.25, 0.3) is 0 Å². The fourth-order valence-electron chi connectivity index (χ4n) is 3.13. The molecule has 1 heterocycles. The van der Waals surface area contributed by atoms with Gasteiger partial charge in [-0.25, -0.2) is 0 Å². The van der Waals surface area contributed by atoms with Crippen molar-refractivity contribution in [2.24, 2.45) is 5.92 Å². The van der Waals surface area contributed by atoms with Crippen LogP contribution in [0, 0.1) is 5.92 Å². The molecule has 142 valence electrons. The van der Waals surface area contributed by atoms with Gasteiger partial charge in [-0.2, -0.15) is 0 Å². The molecule has 1 saturated heterocycles. The molecule has 0 aliphatic carbocycles. The molecule has 3 nitrogen and oxygen atoms in total. The minimum Gasteiger partial charge on any atom is -0.410 e. The summed E-state index contributed by atoms with van der Waals surface area (Å²) in [5, 5.41) is 0. The Labute approximate surface area is 168 Å². The topological polar surface area (TPSA) is 29.5 Å². The normalized spacial score (nSPS) is 20.1. The van der Waals surface area contributed by atoms with Crippen LogP contribution >= 0.6 is 24.0 Å². The average molecular weight is 408 g/mol. The van der Waals surface area contributed by atoms with Crippen molar-refractivity contribution in [2.45, 2.75) is 52.1 Å². The number of carbonyl (C=O) groups is 1. The maximum Gasteiger partial charge on any atom is 0.234 e. The van der Waals surface area contributed by atoms with Crippen LogP contribution in [-0.2, 0) is 15.6 Å². The third kappa shape index (κ3) is 5.52. The fraction of sp³-hybridized carbons (Fsp3) is 0.500. The molecule has 0 spiro atoms. The molecule has 6 heteroatoms. The van der Waals surface area contributed by atoms with Crippen LogP contribution in [0.1, 0.15) is 19.4 Å². The third-order valence-electron chi connectivity index (χ3n) is 4.32. The molecule has 26 heavy (non-hydrogen) atoms. The average Bonchev–Trinajstić information content (AvgIpc) is 2.91. The molecule has 0 bridgehead atoms. The first-order chi connectivity index (χ1) is 12.1. The van der Waals surface area contributed by atoms with Crippen LogP contribution in [0.15, 0.2) is 42.5 Å². The van der Waals surface area contributed by atoms with Gasteiger partial charge in [-0.1, -0.05) is 73.4 Å². The molecule has 0 aromatic heterocycles. The summed E-state index contributed by atoms with van der Waals surface area (Å²) in [6.07, 6.45) is 0.555. The summed E-state index contributed by atoms with van der Waals surface area (Å²) in [5.41, 5.74) is 2.12. The van der Waals surface area contributed by atoms with E-state index in [4.69, 9.17) is 16.6 Å². The highest BCUT2D eigenvalue weighted by Gasteiger charge is 2.39. The van der Waals surface area contributed by atoms with E-state index in [0.29, 0.717) is 4.32 Å². The minimum absolute atomic E-state index is 0.0483. The van der Waals surface area contributed by atoms with Crippen molar-refractivity contribution in [1.82, 2.24) is 4.90 Å². The number of rotatable bonds is 7.